The van der Waals surface area contributed by atoms with Crippen molar-refractivity contribution >= 4 is 0 Å². The van der Waals surface area contributed by atoms with E-state index >= 15 is 0 Å². The second-order valence-electron chi connectivity index (χ2n) is 3.27. The van der Waals surface area contributed by atoms with Crippen molar-refractivity contribution in [3.63, 3.8) is 0 Å². The Morgan fingerprint density at radius 2 is 2.27 bits per heavy atom. The van der Waals surface area contributed by atoms with E-state index in [1.807, 2.05) is 0 Å². The molecule has 1 aliphatic heterocycles. The maximum atomic E-state index is 13.0. The average Bonchev–Trinajstić information content (AvgIpc) is 2.38. The van der Waals surface area contributed by atoms with Crippen LogP contribution in [0.5, 0.6) is 0 Å². The van der Waals surface area contributed by atoms with Gasteiger partial charge in [-0.1, -0.05) is 6.92 Å². The van der Waals surface area contributed by atoms with Gasteiger partial charge in [0.15, 0.2) is 0 Å². The molecule has 0 aromatic heterocycles. The maximum Gasteiger partial charge on any atom is 0.267 e. The Hall–Kier alpha value is -0.220. The Morgan fingerprint density at radius 1 is 1.64 bits per heavy atom. The molecule has 0 amide bonds. The van der Waals surface area contributed by atoms with E-state index in [4.69, 9.17) is 10.5 Å². The number of ether oxygens (including phenoxy) is 1. The number of hydrogen-bond donors (Lipinski definition) is 1. The van der Waals surface area contributed by atoms with E-state index in [1.165, 1.54) is 6.92 Å². The smallest absolute Gasteiger partial charge is 0.267 e. The van der Waals surface area contributed by atoms with E-state index in [9.17, 15) is 8.78 Å². The Morgan fingerprint density at radius 3 is 2.64 bits per heavy atom. The van der Waals surface area contributed by atoms with Crippen molar-refractivity contribution in [3.05, 3.63) is 0 Å². The van der Waals surface area contributed by atoms with Crippen molar-refractivity contribution in [2.45, 2.75) is 19.3 Å². The van der Waals surface area contributed by atoms with Crippen LogP contribution in [0.3, 0.4) is 0 Å². The minimum absolute atomic E-state index is 0.122. The topological polar surface area (TPSA) is 35.2 Å². The summed E-state index contributed by atoms with van der Waals surface area (Å²) in [5.41, 5.74) is 3.93. The van der Waals surface area contributed by atoms with Gasteiger partial charge in [0.25, 0.3) is 5.92 Å². The zero-order valence-electron chi connectivity index (χ0n) is 6.57. The third-order valence-corrected chi connectivity index (χ3v) is 2.36. The molecule has 1 atom stereocenters. The summed E-state index contributed by atoms with van der Waals surface area (Å²) >= 11 is 0. The lowest BCUT2D eigenvalue weighted by molar-refractivity contribution is -0.106. The summed E-state index contributed by atoms with van der Waals surface area (Å²) in [6, 6.07) is 0. The lowest BCUT2D eigenvalue weighted by Gasteiger charge is -2.30. The number of halogens is 2. The van der Waals surface area contributed by atoms with E-state index in [2.05, 4.69) is 0 Å². The number of nitrogens with two attached hydrogens (primary N) is 1. The maximum absolute atomic E-state index is 13.0. The van der Waals surface area contributed by atoms with Crippen LogP contribution in [0.4, 0.5) is 8.78 Å². The molecule has 0 radical (unpaired) electrons. The van der Waals surface area contributed by atoms with E-state index < -0.39 is 17.9 Å². The second-order valence-corrected chi connectivity index (χ2v) is 3.27. The van der Waals surface area contributed by atoms with Gasteiger partial charge in [0.1, 0.15) is 0 Å². The third kappa shape index (κ3) is 1.37. The Labute approximate surface area is 64.7 Å². The summed E-state index contributed by atoms with van der Waals surface area (Å²) < 4.78 is 31.0. The fourth-order valence-corrected chi connectivity index (χ4v) is 1.20. The molecule has 2 N–H and O–H groups in total. The molecule has 0 aromatic carbocycles. The number of hydrogen-bond acceptors (Lipinski definition) is 2. The van der Waals surface area contributed by atoms with Crippen LogP contribution in [0.25, 0.3) is 0 Å². The van der Waals surface area contributed by atoms with Gasteiger partial charge in [-0.3, -0.25) is 0 Å². The second kappa shape index (κ2) is 2.68. The molecule has 0 aliphatic carbocycles. The molecule has 1 heterocycles. The summed E-state index contributed by atoms with van der Waals surface area (Å²) in [6.07, 6.45) is 0.400. The lowest BCUT2D eigenvalue weighted by atomic mass is 9.83. The van der Waals surface area contributed by atoms with Gasteiger partial charge in [-0.05, 0) is 6.42 Å². The summed E-state index contributed by atoms with van der Waals surface area (Å²) in [4.78, 5) is 0. The summed E-state index contributed by atoms with van der Waals surface area (Å²) in [5, 5.41) is 0. The van der Waals surface area contributed by atoms with Crippen LogP contribution in [-0.2, 0) is 4.74 Å². The minimum Gasteiger partial charge on any atom is -0.381 e. The van der Waals surface area contributed by atoms with Gasteiger partial charge in [0.05, 0.1) is 18.6 Å². The van der Waals surface area contributed by atoms with Crippen molar-refractivity contribution in [3.8, 4) is 0 Å². The van der Waals surface area contributed by atoms with E-state index in [0.717, 1.165) is 0 Å². The zero-order valence-corrected chi connectivity index (χ0v) is 6.57. The van der Waals surface area contributed by atoms with Gasteiger partial charge in [-0.25, -0.2) is 8.78 Å². The largest absolute Gasteiger partial charge is 0.381 e. The minimum atomic E-state index is -2.79. The van der Waals surface area contributed by atoms with Gasteiger partial charge < -0.3 is 10.5 Å². The van der Waals surface area contributed by atoms with Crippen LogP contribution >= 0.6 is 0 Å². The summed E-state index contributed by atoms with van der Waals surface area (Å²) in [7, 11) is 0. The lowest BCUT2D eigenvalue weighted by Crippen LogP contribution is -2.45. The normalized spacial score (nSPS) is 32.7. The van der Waals surface area contributed by atoms with Crippen LogP contribution < -0.4 is 5.73 Å². The predicted octanol–water partition coefficient (Wildman–Crippen LogP) is 1.01. The summed E-state index contributed by atoms with van der Waals surface area (Å²) in [5.74, 6) is -2.79. The highest BCUT2D eigenvalue weighted by atomic mass is 19.3. The van der Waals surface area contributed by atoms with E-state index in [-0.39, 0.29) is 6.61 Å². The van der Waals surface area contributed by atoms with E-state index in [0.29, 0.717) is 13.0 Å². The zero-order chi connectivity index (χ0) is 8.54. The van der Waals surface area contributed by atoms with Crippen molar-refractivity contribution in [1.29, 1.82) is 0 Å². The Balaban J connectivity index is 2.69. The Bertz CT molecular complexity index is 143. The van der Waals surface area contributed by atoms with Gasteiger partial charge in [-0.15, -0.1) is 0 Å². The SMILES string of the molecule is CC1(C(F)(F)CN)CCOC1. The fraction of sp³-hybridized carbons (Fsp3) is 1.00. The first kappa shape index (κ1) is 8.87. The third-order valence-electron chi connectivity index (χ3n) is 2.36. The highest BCUT2D eigenvalue weighted by molar-refractivity contribution is 4.92. The van der Waals surface area contributed by atoms with Crippen LogP contribution in [0.1, 0.15) is 13.3 Å². The van der Waals surface area contributed by atoms with Crippen LogP contribution in [0, 0.1) is 5.41 Å². The molecular formula is C7H13F2NO. The van der Waals surface area contributed by atoms with Crippen molar-refractivity contribution in [2.75, 3.05) is 19.8 Å². The molecule has 1 rings (SSSR count). The molecule has 66 valence electrons. The van der Waals surface area contributed by atoms with Gasteiger partial charge in [0.2, 0.25) is 0 Å². The molecule has 4 heteroatoms. The average molecular weight is 165 g/mol. The molecule has 1 fully saturated rings. The van der Waals surface area contributed by atoms with Gasteiger partial charge in [-0.2, -0.15) is 0 Å². The first-order chi connectivity index (χ1) is 5.02. The fourth-order valence-electron chi connectivity index (χ4n) is 1.20. The molecule has 0 aromatic rings. The van der Waals surface area contributed by atoms with Crippen molar-refractivity contribution in [2.24, 2.45) is 11.1 Å². The molecule has 1 saturated heterocycles. The molecule has 0 saturated carbocycles. The molecule has 11 heavy (non-hydrogen) atoms. The van der Waals surface area contributed by atoms with Crippen LogP contribution in [0.2, 0.25) is 0 Å². The summed E-state index contributed by atoms with van der Waals surface area (Å²) in [6.45, 7) is 1.48. The quantitative estimate of drug-likeness (QED) is 0.662. The van der Waals surface area contributed by atoms with E-state index in [1.54, 1.807) is 0 Å². The first-order valence-corrected chi connectivity index (χ1v) is 3.67. The number of rotatable bonds is 2. The highest BCUT2D eigenvalue weighted by Crippen LogP contribution is 2.42. The standard InChI is InChI=1S/C7H13F2NO/c1-6(2-3-11-5-6)7(8,9)4-10/h2-5,10H2,1H3. The van der Waals surface area contributed by atoms with Crippen LogP contribution in [0.15, 0.2) is 0 Å². The molecule has 0 spiro atoms. The van der Waals surface area contributed by atoms with Crippen LogP contribution in [-0.4, -0.2) is 25.7 Å². The first-order valence-electron chi connectivity index (χ1n) is 3.67. The molecule has 1 aliphatic rings. The Kier molecular flexibility index (Phi) is 2.16. The predicted molar refractivity (Wildman–Crippen MR) is 37.5 cm³/mol. The number of alkyl halides is 2. The molecule has 0 bridgehead atoms. The monoisotopic (exact) mass is 165 g/mol. The molecule has 2 nitrogen and oxygen atoms in total. The highest BCUT2D eigenvalue weighted by Gasteiger charge is 2.51. The van der Waals surface area contributed by atoms with Crippen molar-refractivity contribution in [1.82, 2.24) is 0 Å². The van der Waals surface area contributed by atoms with Gasteiger partial charge >= 0.3 is 0 Å². The van der Waals surface area contributed by atoms with Crippen molar-refractivity contribution < 1.29 is 13.5 Å². The molecular weight excluding hydrogens is 152 g/mol. The van der Waals surface area contributed by atoms with Gasteiger partial charge in [0, 0.05) is 6.61 Å². The molecule has 1 unspecified atom stereocenters.